The Kier molecular flexibility index (Phi) is 6.16. The number of hydrogen-bond donors (Lipinski definition) is 2. The fraction of sp³-hybridized carbons (Fsp3) is 0.217. The molecule has 2 heterocycles. The number of hydrazone groups is 1. The van der Waals surface area contributed by atoms with Gasteiger partial charge < -0.3 is 14.6 Å². The Labute approximate surface area is 198 Å². The molecule has 10 nitrogen and oxygen atoms in total. The average Bonchev–Trinajstić information content (AvgIpc) is 3.23. The van der Waals surface area contributed by atoms with Crippen LogP contribution in [0.3, 0.4) is 0 Å². The van der Waals surface area contributed by atoms with E-state index in [4.69, 9.17) is 21.1 Å². The summed E-state index contributed by atoms with van der Waals surface area (Å²) in [6.07, 6.45) is 0.111. The van der Waals surface area contributed by atoms with Crippen LogP contribution in [0.5, 0.6) is 17.4 Å². The second-order valence-electron chi connectivity index (χ2n) is 7.52. The lowest BCUT2D eigenvalue weighted by atomic mass is 9.98. The highest BCUT2D eigenvalue weighted by Crippen LogP contribution is 2.37. The normalized spacial score (nSPS) is 15.2. The maximum atomic E-state index is 12.7. The first-order valence-electron chi connectivity index (χ1n) is 10.2. The number of carbonyl (C=O) groups excluding carboxylic acids is 1. The second kappa shape index (κ2) is 9.06. The van der Waals surface area contributed by atoms with E-state index in [9.17, 15) is 19.5 Å². The molecular weight excluding hydrogens is 464 g/mol. The lowest BCUT2D eigenvalue weighted by molar-refractivity contribution is -0.130. The summed E-state index contributed by atoms with van der Waals surface area (Å²) in [4.78, 5) is 39.8. The third-order valence-electron chi connectivity index (χ3n) is 5.47. The van der Waals surface area contributed by atoms with Crippen molar-refractivity contribution < 1.29 is 19.4 Å². The molecule has 0 unspecified atom stereocenters. The topological polar surface area (TPSA) is 126 Å². The van der Waals surface area contributed by atoms with Gasteiger partial charge in [0.1, 0.15) is 5.56 Å². The Morgan fingerprint density at radius 3 is 2.53 bits per heavy atom. The SMILES string of the molecule is COc1ccc([C@@H]2CC(c3c(O)n(-c4cccc(Cl)c4)c(=O)[nH]c3=O)=NN2C(C)=O)cc1OC. The summed E-state index contributed by atoms with van der Waals surface area (Å²) in [6.45, 7) is 1.34. The van der Waals surface area contributed by atoms with E-state index in [1.54, 1.807) is 36.4 Å². The van der Waals surface area contributed by atoms with Crippen molar-refractivity contribution in [3.05, 3.63) is 79.5 Å². The minimum absolute atomic E-state index is 0.111. The maximum Gasteiger partial charge on any atom is 0.335 e. The molecule has 0 radical (unpaired) electrons. The van der Waals surface area contributed by atoms with Crippen molar-refractivity contribution in [2.24, 2.45) is 5.10 Å². The van der Waals surface area contributed by atoms with E-state index in [0.717, 1.165) is 4.57 Å². The zero-order chi connectivity index (χ0) is 24.6. The van der Waals surface area contributed by atoms with Crippen LogP contribution in [0.25, 0.3) is 5.69 Å². The smallest absolute Gasteiger partial charge is 0.335 e. The standard InChI is InChI=1S/C23H21ClN4O6/c1-12(29)28-17(13-7-8-18(33-2)19(9-13)34-3)11-16(26-28)20-21(30)25-23(32)27(22(20)31)15-6-4-5-14(24)10-15/h4-10,17,31H,11H2,1-3H3,(H,25,30,32)/t17-/m0/s1. The highest BCUT2D eigenvalue weighted by Gasteiger charge is 2.35. The molecule has 0 bridgehead atoms. The summed E-state index contributed by atoms with van der Waals surface area (Å²) in [5.41, 5.74) is -0.794. The molecule has 2 N–H and O–H groups in total. The Hall–Kier alpha value is -4.05. The van der Waals surface area contributed by atoms with Gasteiger partial charge in [0.2, 0.25) is 11.8 Å². The molecule has 0 fully saturated rings. The third kappa shape index (κ3) is 4.03. The van der Waals surface area contributed by atoms with E-state index >= 15 is 0 Å². The number of halogens is 1. The molecule has 0 aliphatic carbocycles. The minimum atomic E-state index is -0.841. The number of carbonyl (C=O) groups is 1. The number of ether oxygens (including phenoxy) is 2. The van der Waals surface area contributed by atoms with Crippen LogP contribution in [0.4, 0.5) is 0 Å². The highest BCUT2D eigenvalue weighted by atomic mass is 35.5. The van der Waals surface area contributed by atoms with Gasteiger partial charge in [-0.3, -0.25) is 14.6 Å². The van der Waals surface area contributed by atoms with Gasteiger partial charge in [0.05, 0.1) is 31.7 Å². The molecule has 2 aromatic carbocycles. The van der Waals surface area contributed by atoms with Crippen LogP contribution in [-0.4, -0.2) is 45.5 Å². The summed E-state index contributed by atoms with van der Waals surface area (Å²) >= 11 is 6.03. The summed E-state index contributed by atoms with van der Waals surface area (Å²) in [6, 6.07) is 10.8. The van der Waals surface area contributed by atoms with Gasteiger partial charge in [0, 0.05) is 18.4 Å². The van der Waals surface area contributed by atoms with Crippen molar-refractivity contribution in [3.8, 4) is 23.1 Å². The van der Waals surface area contributed by atoms with Crippen LogP contribution in [0.2, 0.25) is 5.02 Å². The predicted octanol–water partition coefficient (Wildman–Crippen LogP) is 2.60. The molecule has 1 aliphatic heterocycles. The molecule has 1 aliphatic rings. The van der Waals surface area contributed by atoms with E-state index in [-0.39, 0.29) is 29.3 Å². The van der Waals surface area contributed by atoms with E-state index < -0.39 is 23.2 Å². The molecule has 11 heteroatoms. The van der Waals surface area contributed by atoms with Crippen LogP contribution >= 0.6 is 11.6 Å². The van der Waals surface area contributed by atoms with E-state index in [2.05, 4.69) is 10.1 Å². The first-order chi connectivity index (χ1) is 16.2. The van der Waals surface area contributed by atoms with Gasteiger partial charge in [-0.2, -0.15) is 5.10 Å². The quantitative estimate of drug-likeness (QED) is 0.573. The van der Waals surface area contributed by atoms with E-state index in [1.807, 2.05) is 0 Å². The molecule has 34 heavy (non-hydrogen) atoms. The molecule has 0 spiro atoms. The number of aromatic hydroxyl groups is 1. The predicted molar refractivity (Wildman–Crippen MR) is 125 cm³/mol. The Balaban J connectivity index is 1.82. The second-order valence-corrected chi connectivity index (χ2v) is 7.95. The Morgan fingerprint density at radius 2 is 1.88 bits per heavy atom. The number of aromatic amines is 1. The van der Waals surface area contributed by atoms with Gasteiger partial charge >= 0.3 is 5.69 Å². The first kappa shape index (κ1) is 23.1. The Morgan fingerprint density at radius 1 is 1.15 bits per heavy atom. The molecule has 176 valence electrons. The van der Waals surface area contributed by atoms with Crippen LogP contribution in [-0.2, 0) is 4.79 Å². The van der Waals surface area contributed by atoms with Gasteiger partial charge in [0.15, 0.2) is 11.5 Å². The van der Waals surface area contributed by atoms with Crippen molar-refractivity contribution in [1.29, 1.82) is 0 Å². The molecule has 0 saturated carbocycles. The number of hydrogen-bond acceptors (Lipinski definition) is 7. The zero-order valence-corrected chi connectivity index (χ0v) is 19.3. The lowest BCUT2D eigenvalue weighted by Crippen LogP contribution is -2.33. The maximum absolute atomic E-state index is 12.7. The Bertz CT molecular complexity index is 1430. The van der Waals surface area contributed by atoms with Crippen LogP contribution in [0, 0.1) is 0 Å². The molecule has 1 aromatic heterocycles. The van der Waals surface area contributed by atoms with Gasteiger partial charge in [-0.05, 0) is 35.9 Å². The molecule has 4 rings (SSSR count). The zero-order valence-electron chi connectivity index (χ0n) is 18.5. The summed E-state index contributed by atoms with van der Waals surface area (Å²) < 4.78 is 11.6. The molecule has 1 atom stereocenters. The lowest BCUT2D eigenvalue weighted by Gasteiger charge is -2.21. The van der Waals surface area contributed by atoms with Crippen molar-refractivity contribution in [3.63, 3.8) is 0 Å². The number of methoxy groups -OCH3 is 2. The monoisotopic (exact) mass is 484 g/mol. The summed E-state index contributed by atoms with van der Waals surface area (Å²) in [5.74, 6) is 0.00898. The van der Waals surface area contributed by atoms with Crippen molar-refractivity contribution in [2.75, 3.05) is 14.2 Å². The first-order valence-corrected chi connectivity index (χ1v) is 10.6. The summed E-state index contributed by atoms with van der Waals surface area (Å²) in [7, 11) is 3.01. The molecule has 3 aromatic rings. The number of nitrogens with one attached hydrogen (secondary N) is 1. The number of nitrogens with zero attached hydrogens (tertiary/aromatic N) is 3. The molecule has 0 saturated heterocycles. The fourth-order valence-electron chi connectivity index (χ4n) is 3.91. The van der Waals surface area contributed by atoms with Gasteiger partial charge in [-0.25, -0.2) is 14.4 Å². The minimum Gasteiger partial charge on any atom is -0.493 e. The van der Waals surface area contributed by atoms with Crippen LogP contribution < -0.4 is 20.7 Å². The number of amides is 1. The fourth-order valence-corrected chi connectivity index (χ4v) is 4.10. The number of rotatable bonds is 5. The van der Waals surface area contributed by atoms with Crippen LogP contribution in [0.15, 0.2) is 57.2 Å². The van der Waals surface area contributed by atoms with E-state index in [1.165, 1.54) is 32.2 Å². The van der Waals surface area contributed by atoms with Gasteiger partial charge in [-0.15, -0.1) is 0 Å². The molecular formula is C23H21ClN4O6. The van der Waals surface area contributed by atoms with Crippen molar-refractivity contribution in [1.82, 2.24) is 14.6 Å². The largest absolute Gasteiger partial charge is 0.493 e. The van der Waals surface area contributed by atoms with E-state index in [0.29, 0.717) is 22.1 Å². The van der Waals surface area contributed by atoms with Gasteiger partial charge in [0.25, 0.3) is 5.56 Å². The van der Waals surface area contributed by atoms with Crippen molar-refractivity contribution in [2.45, 2.75) is 19.4 Å². The summed E-state index contributed by atoms with van der Waals surface area (Å²) in [5, 5.41) is 16.9. The highest BCUT2D eigenvalue weighted by molar-refractivity contribution is 6.30. The molecule has 1 amide bonds. The van der Waals surface area contributed by atoms with Crippen LogP contribution in [0.1, 0.15) is 30.5 Å². The number of H-pyrrole nitrogens is 1. The number of benzene rings is 2. The van der Waals surface area contributed by atoms with Gasteiger partial charge in [-0.1, -0.05) is 23.7 Å². The number of aromatic nitrogens is 2. The third-order valence-corrected chi connectivity index (χ3v) is 5.70. The van der Waals surface area contributed by atoms with Crippen molar-refractivity contribution >= 4 is 23.2 Å². The average molecular weight is 485 g/mol.